The van der Waals surface area contributed by atoms with Crippen LogP contribution in [0.5, 0.6) is 5.75 Å². The highest BCUT2D eigenvalue weighted by molar-refractivity contribution is 5.87. The van der Waals surface area contributed by atoms with Crippen molar-refractivity contribution < 1.29 is 18.4 Å². The fourth-order valence-corrected chi connectivity index (χ4v) is 4.43. The molecule has 188 valence electrons. The van der Waals surface area contributed by atoms with E-state index in [2.05, 4.69) is 34.5 Å². The Balaban J connectivity index is 1.58. The van der Waals surface area contributed by atoms with Gasteiger partial charge >= 0.3 is 6.03 Å². The molecule has 3 aromatic carbocycles. The van der Waals surface area contributed by atoms with E-state index in [1.54, 1.807) is 24.1 Å². The van der Waals surface area contributed by atoms with Gasteiger partial charge in [-0.15, -0.1) is 0 Å². The number of halogens is 1. The van der Waals surface area contributed by atoms with Gasteiger partial charge in [0.15, 0.2) is 0 Å². The van der Waals surface area contributed by atoms with E-state index in [1.165, 1.54) is 17.7 Å². The summed E-state index contributed by atoms with van der Waals surface area (Å²) in [5.74, 6) is 0.927. The van der Waals surface area contributed by atoms with Crippen molar-refractivity contribution in [3.05, 3.63) is 107 Å². The van der Waals surface area contributed by atoms with Gasteiger partial charge in [0.25, 0.3) is 5.89 Å². The second-order valence-corrected chi connectivity index (χ2v) is 8.84. The molecule has 0 bridgehead atoms. The summed E-state index contributed by atoms with van der Waals surface area (Å²) in [5.41, 5.74) is 5.06. The molecule has 2 heterocycles. The monoisotopic (exact) mass is 498 g/mol. The highest BCUT2D eigenvalue weighted by Gasteiger charge is 2.36. The number of hydrogen-bond acceptors (Lipinski definition) is 5. The summed E-state index contributed by atoms with van der Waals surface area (Å²) < 4.78 is 24.5. The van der Waals surface area contributed by atoms with E-state index < -0.39 is 6.04 Å². The SMILES string of the molecule is CCc1ccc(CN2C(=O)NC(c3cccc(OC)c3)C(c3nc(-c4ccc(F)cc4)no3)=C2C)cc1. The van der Waals surface area contributed by atoms with Gasteiger partial charge in [0.1, 0.15) is 11.6 Å². The van der Waals surface area contributed by atoms with Crippen molar-refractivity contribution in [1.82, 2.24) is 20.4 Å². The number of benzene rings is 3. The average Bonchev–Trinajstić information content (AvgIpc) is 3.41. The van der Waals surface area contributed by atoms with Gasteiger partial charge < -0.3 is 14.6 Å². The molecular weight excluding hydrogens is 471 g/mol. The minimum Gasteiger partial charge on any atom is -0.497 e. The van der Waals surface area contributed by atoms with Gasteiger partial charge in [-0.1, -0.05) is 48.5 Å². The van der Waals surface area contributed by atoms with Crippen LogP contribution in [0, 0.1) is 5.82 Å². The van der Waals surface area contributed by atoms with Crippen LogP contribution >= 0.6 is 0 Å². The number of aryl methyl sites for hydroxylation is 1. The average molecular weight is 499 g/mol. The minimum atomic E-state index is -0.539. The Morgan fingerprint density at radius 2 is 1.78 bits per heavy atom. The molecule has 0 fully saturated rings. The van der Waals surface area contributed by atoms with Gasteiger partial charge in [-0.05, 0) is 66.4 Å². The summed E-state index contributed by atoms with van der Waals surface area (Å²) in [6.07, 6.45) is 0.948. The number of rotatable bonds is 7. The maximum absolute atomic E-state index is 13.4. The molecule has 7 nitrogen and oxygen atoms in total. The number of urea groups is 1. The van der Waals surface area contributed by atoms with Gasteiger partial charge in [0, 0.05) is 11.3 Å². The summed E-state index contributed by atoms with van der Waals surface area (Å²) in [6.45, 7) is 4.37. The Morgan fingerprint density at radius 1 is 1.05 bits per heavy atom. The van der Waals surface area contributed by atoms with E-state index in [0.717, 1.165) is 17.5 Å². The van der Waals surface area contributed by atoms with Gasteiger partial charge in [-0.25, -0.2) is 9.18 Å². The smallest absolute Gasteiger partial charge is 0.322 e. The molecule has 1 aromatic heterocycles. The quantitative estimate of drug-likeness (QED) is 0.331. The molecule has 0 spiro atoms. The van der Waals surface area contributed by atoms with Crippen LogP contribution < -0.4 is 10.1 Å². The Morgan fingerprint density at radius 3 is 2.49 bits per heavy atom. The van der Waals surface area contributed by atoms with Crippen LogP contribution in [0.1, 0.15) is 42.5 Å². The van der Waals surface area contributed by atoms with Crippen LogP contribution in [0.3, 0.4) is 0 Å². The lowest BCUT2D eigenvalue weighted by Crippen LogP contribution is -2.45. The lowest BCUT2D eigenvalue weighted by molar-refractivity contribution is 0.203. The standard InChI is InChI=1S/C29H27FN4O3/c1-4-19-8-10-20(11-9-19)17-34-18(2)25(26(31-29(34)35)22-6-5-7-24(16-22)36-3)28-32-27(33-37-28)21-12-14-23(30)15-13-21/h5-16,26H,4,17H2,1-3H3,(H,31,35). The third-order valence-corrected chi connectivity index (χ3v) is 6.55. The van der Waals surface area contributed by atoms with E-state index in [0.29, 0.717) is 35.0 Å². The summed E-state index contributed by atoms with van der Waals surface area (Å²) in [6, 6.07) is 20.8. The molecule has 0 aliphatic carbocycles. The third kappa shape index (κ3) is 4.95. The van der Waals surface area contributed by atoms with Crippen LogP contribution in [0.4, 0.5) is 9.18 Å². The lowest BCUT2D eigenvalue weighted by atomic mass is 9.94. The summed E-state index contributed by atoms with van der Waals surface area (Å²) in [5, 5.41) is 7.24. The molecule has 5 rings (SSSR count). The summed E-state index contributed by atoms with van der Waals surface area (Å²) in [4.78, 5) is 19.7. The van der Waals surface area contributed by atoms with Crippen LogP contribution in [0.15, 0.2) is 83.0 Å². The largest absolute Gasteiger partial charge is 0.497 e. The molecule has 1 aliphatic rings. The van der Waals surface area contributed by atoms with Crippen LogP contribution in [0.25, 0.3) is 17.0 Å². The highest BCUT2D eigenvalue weighted by Crippen LogP contribution is 2.38. The number of hydrogen-bond donors (Lipinski definition) is 1. The Labute approximate surface area is 214 Å². The maximum atomic E-state index is 13.4. The zero-order valence-corrected chi connectivity index (χ0v) is 20.9. The first-order valence-corrected chi connectivity index (χ1v) is 12.1. The predicted octanol–water partition coefficient (Wildman–Crippen LogP) is 6.14. The first-order valence-electron chi connectivity index (χ1n) is 12.1. The minimum absolute atomic E-state index is 0.230. The highest BCUT2D eigenvalue weighted by atomic mass is 19.1. The maximum Gasteiger partial charge on any atom is 0.322 e. The molecule has 1 N–H and O–H groups in total. The zero-order chi connectivity index (χ0) is 25.9. The van der Waals surface area contributed by atoms with Gasteiger partial charge in [-0.3, -0.25) is 4.90 Å². The lowest BCUT2D eigenvalue weighted by Gasteiger charge is -2.35. The van der Waals surface area contributed by atoms with Crippen molar-refractivity contribution in [2.75, 3.05) is 7.11 Å². The molecule has 0 saturated heterocycles. The molecule has 8 heteroatoms. The van der Waals surface area contributed by atoms with E-state index in [-0.39, 0.29) is 17.7 Å². The Kier molecular flexibility index (Phi) is 6.72. The molecule has 37 heavy (non-hydrogen) atoms. The molecule has 1 atom stereocenters. The predicted molar refractivity (Wildman–Crippen MR) is 138 cm³/mol. The van der Waals surface area contributed by atoms with Crippen molar-refractivity contribution in [2.45, 2.75) is 32.9 Å². The zero-order valence-electron chi connectivity index (χ0n) is 20.9. The van der Waals surface area contributed by atoms with E-state index >= 15 is 0 Å². The van der Waals surface area contributed by atoms with Crippen molar-refractivity contribution in [2.24, 2.45) is 0 Å². The van der Waals surface area contributed by atoms with Gasteiger partial charge in [0.05, 0.1) is 25.3 Å². The number of carbonyl (C=O) groups is 1. The number of amides is 2. The number of nitrogens with zero attached hydrogens (tertiary/aromatic N) is 3. The van der Waals surface area contributed by atoms with Crippen LogP contribution in [-0.2, 0) is 13.0 Å². The number of carbonyl (C=O) groups excluding carboxylic acids is 1. The normalized spacial score (nSPS) is 15.6. The molecule has 1 aliphatic heterocycles. The second kappa shape index (κ2) is 10.3. The fourth-order valence-electron chi connectivity index (χ4n) is 4.43. The summed E-state index contributed by atoms with van der Waals surface area (Å²) >= 11 is 0. The fraction of sp³-hybridized carbons (Fsp3) is 0.207. The molecule has 4 aromatic rings. The van der Waals surface area contributed by atoms with E-state index in [4.69, 9.17) is 9.26 Å². The number of allylic oxidation sites excluding steroid dienone is 1. The van der Waals surface area contributed by atoms with Crippen molar-refractivity contribution in [3.8, 4) is 17.1 Å². The van der Waals surface area contributed by atoms with Crippen molar-refractivity contribution in [3.63, 3.8) is 0 Å². The molecule has 2 amide bonds. The second-order valence-electron chi connectivity index (χ2n) is 8.84. The number of nitrogens with one attached hydrogen (secondary N) is 1. The summed E-state index contributed by atoms with van der Waals surface area (Å²) in [7, 11) is 1.60. The third-order valence-electron chi connectivity index (χ3n) is 6.55. The van der Waals surface area contributed by atoms with Crippen molar-refractivity contribution in [1.29, 1.82) is 0 Å². The molecule has 0 saturated carbocycles. The number of ether oxygens (including phenoxy) is 1. The van der Waals surface area contributed by atoms with Gasteiger partial charge in [-0.2, -0.15) is 4.98 Å². The Bertz CT molecular complexity index is 1440. The van der Waals surface area contributed by atoms with Crippen LogP contribution in [0.2, 0.25) is 0 Å². The first-order chi connectivity index (χ1) is 18.0. The van der Waals surface area contributed by atoms with Crippen molar-refractivity contribution >= 4 is 11.6 Å². The number of aromatic nitrogens is 2. The topological polar surface area (TPSA) is 80.5 Å². The van der Waals surface area contributed by atoms with E-state index in [9.17, 15) is 9.18 Å². The Hall–Kier alpha value is -4.46. The molecular formula is C29H27FN4O3. The van der Waals surface area contributed by atoms with E-state index in [1.807, 2.05) is 43.3 Å². The molecule has 1 unspecified atom stereocenters. The van der Waals surface area contributed by atoms with Crippen LogP contribution in [-0.4, -0.2) is 28.2 Å². The number of methoxy groups -OCH3 is 1. The first kappa shape index (κ1) is 24.2. The molecule has 0 radical (unpaired) electrons. The van der Waals surface area contributed by atoms with Gasteiger partial charge in [0.2, 0.25) is 5.82 Å².